The van der Waals surface area contributed by atoms with Crippen molar-refractivity contribution in [3.05, 3.63) is 131 Å². The lowest BCUT2D eigenvalue weighted by Crippen LogP contribution is -2.48. The maximum Gasteiger partial charge on any atom is 0.254 e. The third-order valence-electron chi connectivity index (χ3n) is 8.94. The van der Waals surface area contributed by atoms with Crippen LogP contribution < -0.4 is 19.5 Å². The Bertz CT molecular complexity index is 1960. The number of rotatable bonds is 11. The fraction of sp³-hybridized carbons (Fsp3) is 0.220. The van der Waals surface area contributed by atoms with Crippen LogP contribution >= 0.6 is 11.6 Å². The van der Waals surface area contributed by atoms with Crippen LogP contribution in [0.15, 0.2) is 109 Å². The fourth-order valence-electron chi connectivity index (χ4n) is 6.48. The molecule has 6 rings (SSSR count). The molecule has 1 saturated heterocycles. The van der Waals surface area contributed by atoms with Gasteiger partial charge in [-0.15, -0.1) is 0 Å². The number of hydrogen-bond donors (Lipinski definition) is 1. The van der Waals surface area contributed by atoms with Gasteiger partial charge in [-0.2, -0.15) is 0 Å². The molecule has 1 fully saturated rings. The summed E-state index contributed by atoms with van der Waals surface area (Å²) in [5.74, 6) is 1.000. The summed E-state index contributed by atoms with van der Waals surface area (Å²) in [4.78, 5) is 31.4. The highest BCUT2D eigenvalue weighted by Crippen LogP contribution is 2.47. The maximum absolute atomic E-state index is 13.6. The van der Waals surface area contributed by atoms with Gasteiger partial charge in [-0.3, -0.25) is 14.5 Å². The second kappa shape index (κ2) is 15.9. The monoisotopic (exact) mass is 689 g/mol. The number of anilines is 1. The minimum atomic E-state index is -0.261. The van der Waals surface area contributed by atoms with Crippen LogP contribution in [-0.4, -0.2) is 69.1 Å². The molecular weight excluding hydrogens is 650 g/mol. The van der Waals surface area contributed by atoms with Crippen LogP contribution in [0.1, 0.15) is 21.5 Å². The summed E-state index contributed by atoms with van der Waals surface area (Å²) < 4.78 is 17.0. The van der Waals surface area contributed by atoms with Crippen LogP contribution in [0.3, 0.4) is 0 Å². The van der Waals surface area contributed by atoms with Crippen molar-refractivity contribution in [1.29, 1.82) is 0 Å². The van der Waals surface area contributed by atoms with E-state index in [4.69, 9.17) is 25.8 Å². The molecule has 1 aliphatic heterocycles. The number of halogens is 1. The van der Waals surface area contributed by atoms with E-state index in [0.29, 0.717) is 57.7 Å². The standard InChI is InChI=1S/C41H40ClN3O5/c1-48-36-25-32(38(40(50-3)39(36)49-2)29-16-18-33(42)19-17-29)26-37(46)43-34-14-9-13-30(24-34)41(47)45-22-20-44(21-23-45)27-31-12-7-8-15-35(31)28-10-5-4-6-11-28/h4-19,24-25H,20-23,26-27H2,1-3H3,(H,43,46). The van der Waals surface area contributed by atoms with Crippen molar-refractivity contribution in [2.45, 2.75) is 13.0 Å². The lowest BCUT2D eigenvalue weighted by Gasteiger charge is -2.35. The van der Waals surface area contributed by atoms with Crippen LogP contribution in [0.4, 0.5) is 5.69 Å². The van der Waals surface area contributed by atoms with Gasteiger partial charge in [-0.05, 0) is 64.2 Å². The van der Waals surface area contributed by atoms with Crippen molar-refractivity contribution in [3.63, 3.8) is 0 Å². The summed E-state index contributed by atoms with van der Waals surface area (Å²) in [7, 11) is 4.63. The first-order valence-electron chi connectivity index (χ1n) is 16.5. The van der Waals surface area contributed by atoms with Gasteiger partial charge >= 0.3 is 0 Å². The molecule has 50 heavy (non-hydrogen) atoms. The highest BCUT2D eigenvalue weighted by Gasteiger charge is 2.25. The molecule has 0 aromatic heterocycles. The van der Waals surface area contributed by atoms with E-state index in [1.165, 1.54) is 23.8 Å². The lowest BCUT2D eigenvalue weighted by atomic mass is 9.95. The first-order chi connectivity index (χ1) is 24.4. The maximum atomic E-state index is 13.6. The van der Waals surface area contributed by atoms with E-state index >= 15 is 0 Å². The van der Waals surface area contributed by atoms with Gasteiger partial charge in [0, 0.05) is 54.6 Å². The van der Waals surface area contributed by atoms with E-state index in [-0.39, 0.29) is 18.2 Å². The Labute approximate surface area is 298 Å². The Balaban J connectivity index is 1.12. The van der Waals surface area contributed by atoms with Gasteiger partial charge in [0.25, 0.3) is 5.91 Å². The molecule has 0 unspecified atom stereocenters. The molecule has 5 aromatic rings. The summed E-state index contributed by atoms with van der Waals surface area (Å²) in [6.45, 7) is 3.61. The molecular formula is C41H40ClN3O5. The van der Waals surface area contributed by atoms with Crippen molar-refractivity contribution in [2.24, 2.45) is 0 Å². The van der Waals surface area contributed by atoms with Crippen molar-refractivity contribution in [1.82, 2.24) is 9.80 Å². The smallest absolute Gasteiger partial charge is 0.254 e. The zero-order chi connectivity index (χ0) is 35.0. The van der Waals surface area contributed by atoms with Gasteiger partial charge in [0.15, 0.2) is 11.5 Å². The molecule has 256 valence electrons. The average molecular weight is 690 g/mol. The number of benzene rings is 5. The van der Waals surface area contributed by atoms with E-state index in [0.717, 1.165) is 25.2 Å². The molecule has 0 bridgehead atoms. The van der Waals surface area contributed by atoms with E-state index in [1.54, 1.807) is 56.7 Å². The number of carbonyl (C=O) groups excluding carboxylic acids is 2. The predicted molar refractivity (Wildman–Crippen MR) is 198 cm³/mol. The Morgan fingerprint density at radius 1 is 0.700 bits per heavy atom. The second-order valence-electron chi connectivity index (χ2n) is 12.1. The second-order valence-corrected chi connectivity index (χ2v) is 12.5. The molecule has 1 aliphatic rings. The first kappa shape index (κ1) is 34.5. The Kier molecular flexibility index (Phi) is 11.0. The number of amides is 2. The predicted octanol–water partition coefficient (Wildman–Crippen LogP) is 7.84. The number of methoxy groups -OCH3 is 3. The summed E-state index contributed by atoms with van der Waals surface area (Å²) >= 11 is 6.17. The zero-order valence-electron chi connectivity index (χ0n) is 28.4. The molecule has 0 saturated carbocycles. The molecule has 8 nitrogen and oxygen atoms in total. The third-order valence-corrected chi connectivity index (χ3v) is 9.20. The highest BCUT2D eigenvalue weighted by atomic mass is 35.5. The first-order valence-corrected chi connectivity index (χ1v) is 16.9. The summed E-state index contributed by atoms with van der Waals surface area (Å²) in [6, 6.07) is 35.1. The van der Waals surface area contributed by atoms with Gasteiger partial charge in [0.2, 0.25) is 11.7 Å². The molecule has 1 heterocycles. The van der Waals surface area contributed by atoms with Gasteiger partial charge in [0.05, 0.1) is 27.8 Å². The quantitative estimate of drug-likeness (QED) is 0.152. The molecule has 0 aliphatic carbocycles. The SMILES string of the molecule is COc1cc(CC(=O)Nc2cccc(C(=O)N3CCN(Cc4ccccc4-c4ccccc4)CC3)c2)c(-c2ccc(Cl)cc2)c(OC)c1OC. The fourth-order valence-corrected chi connectivity index (χ4v) is 6.60. The number of nitrogens with one attached hydrogen (secondary N) is 1. The lowest BCUT2D eigenvalue weighted by molar-refractivity contribution is -0.115. The number of carbonyl (C=O) groups is 2. The minimum absolute atomic E-state index is 0.0161. The largest absolute Gasteiger partial charge is 0.493 e. The van der Waals surface area contributed by atoms with E-state index in [2.05, 4.69) is 58.7 Å². The van der Waals surface area contributed by atoms with Crippen LogP contribution in [-0.2, 0) is 17.8 Å². The summed E-state index contributed by atoms with van der Waals surface area (Å²) in [6.07, 6.45) is 0.0161. The summed E-state index contributed by atoms with van der Waals surface area (Å²) in [5.41, 5.74) is 6.96. The Morgan fingerprint density at radius 3 is 2.10 bits per heavy atom. The number of ether oxygens (including phenoxy) is 3. The van der Waals surface area contributed by atoms with Crippen LogP contribution in [0.25, 0.3) is 22.3 Å². The van der Waals surface area contributed by atoms with Gasteiger partial charge in [-0.25, -0.2) is 0 Å². The summed E-state index contributed by atoms with van der Waals surface area (Å²) in [5, 5.41) is 3.57. The Morgan fingerprint density at radius 2 is 1.40 bits per heavy atom. The zero-order valence-corrected chi connectivity index (χ0v) is 29.2. The van der Waals surface area contributed by atoms with E-state index in [9.17, 15) is 9.59 Å². The number of hydrogen-bond acceptors (Lipinski definition) is 6. The molecule has 9 heteroatoms. The molecule has 1 N–H and O–H groups in total. The van der Waals surface area contributed by atoms with Crippen LogP contribution in [0, 0.1) is 0 Å². The van der Waals surface area contributed by atoms with Crippen molar-refractivity contribution in [2.75, 3.05) is 52.8 Å². The highest BCUT2D eigenvalue weighted by molar-refractivity contribution is 6.30. The van der Waals surface area contributed by atoms with E-state index in [1.807, 2.05) is 23.1 Å². The number of nitrogens with zero attached hydrogens (tertiary/aromatic N) is 2. The molecule has 5 aromatic carbocycles. The van der Waals surface area contributed by atoms with Gasteiger partial charge in [0.1, 0.15) is 0 Å². The van der Waals surface area contributed by atoms with Crippen molar-refractivity contribution < 1.29 is 23.8 Å². The normalized spacial score (nSPS) is 13.1. The van der Waals surface area contributed by atoms with Crippen molar-refractivity contribution in [3.8, 4) is 39.5 Å². The Hall–Kier alpha value is -5.31. The molecule has 0 radical (unpaired) electrons. The van der Waals surface area contributed by atoms with Crippen LogP contribution in [0.2, 0.25) is 5.02 Å². The van der Waals surface area contributed by atoms with Crippen molar-refractivity contribution >= 4 is 29.1 Å². The molecule has 2 amide bonds. The third kappa shape index (κ3) is 7.77. The van der Waals surface area contributed by atoms with Crippen LogP contribution in [0.5, 0.6) is 17.2 Å². The minimum Gasteiger partial charge on any atom is -0.493 e. The number of piperazine rings is 1. The van der Waals surface area contributed by atoms with Gasteiger partial charge in [-0.1, -0.05) is 84.4 Å². The topological polar surface area (TPSA) is 80.3 Å². The molecule has 0 spiro atoms. The van der Waals surface area contributed by atoms with Gasteiger partial charge < -0.3 is 24.4 Å². The van der Waals surface area contributed by atoms with E-state index < -0.39 is 0 Å². The average Bonchev–Trinajstić information content (AvgIpc) is 3.15. The molecule has 0 atom stereocenters.